The fraction of sp³-hybridized carbons (Fsp3) is 0.907. The van der Waals surface area contributed by atoms with Gasteiger partial charge in [0.15, 0.2) is 0 Å². The fourth-order valence-corrected chi connectivity index (χ4v) is 8.42. The van der Waals surface area contributed by atoms with Gasteiger partial charge in [0.1, 0.15) is 6.29 Å². The minimum Gasteiger partial charge on any atom is -0.393 e. The zero-order valence-corrected chi connectivity index (χ0v) is 39.6. The van der Waals surface area contributed by atoms with Crippen molar-refractivity contribution in [1.82, 2.24) is 0 Å². The molecule has 0 heterocycles. The number of carbonyl (C=O) groups is 3. The van der Waals surface area contributed by atoms with Crippen LogP contribution in [0.4, 0.5) is 0 Å². The van der Waals surface area contributed by atoms with E-state index >= 15 is 0 Å². The number of unbranched alkanes of at least 4 members (excludes halogenated alkanes) is 36. The minimum absolute atomic E-state index is 0.123. The van der Waals surface area contributed by atoms with Crippen molar-refractivity contribution in [2.75, 3.05) is 0 Å². The molecule has 0 radical (unpaired) electrons. The van der Waals surface area contributed by atoms with Crippen molar-refractivity contribution in [2.24, 2.45) is 11.8 Å². The van der Waals surface area contributed by atoms with Gasteiger partial charge in [0.2, 0.25) is 0 Å². The fourth-order valence-electron chi connectivity index (χ4n) is 8.42. The van der Waals surface area contributed by atoms with Crippen LogP contribution in [0.25, 0.3) is 0 Å². The molecular weight excluding hydrogens is 713 g/mol. The smallest absolute Gasteiger partial charge is 0.316 e. The quantitative estimate of drug-likeness (QED) is 0.0202. The Labute approximate surface area is 363 Å². The summed E-state index contributed by atoms with van der Waals surface area (Å²) in [5.41, 5.74) is 0. The summed E-state index contributed by atoms with van der Waals surface area (Å²) in [6.45, 7) is 6.93. The first-order chi connectivity index (χ1) is 28.5. The first kappa shape index (κ1) is 56.5. The van der Waals surface area contributed by atoms with E-state index in [0.29, 0.717) is 6.42 Å². The third kappa shape index (κ3) is 45.6. The highest BCUT2D eigenvalue weighted by Crippen LogP contribution is 2.22. The van der Waals surface area contributed by atoms with Gasteiger partial charge in [-0.3, -0.25) is 9.59 Å². The lowest BCUT2D eigenvalue weighted by molar-refractivity contribution is -0.163. The van der Waals surface area contributed by atoms with Gasteiger partial charge in [-0.2, -0.15) is 0 Å². The number of rotatable bonds is 48. The van der Waals surface area contributed by atoms with Gasteiger partial charge in [-0.25, -0.2) is 0 Å². The highest BCUT2D eigenvalue weighted by molar-refractivity contribution is 5.86. The molecule has 0 aliphatic rings. The molecule has 342 valence electrons. The predicted octanol–water partition coefficient (Wildman–Crippen LogP) is 18.3. The third-order valence-electron chi connectivity index (χ3n) is 12.4. The van der Waals surface area contributed by atoms with E-state index in [0.717, 1.165) is 70.0 Å². The van der Waals surface area contributed by atoms with E-state index in [2.05, 4.69) is 32.9 Å². The van der Waals surface area contributed by atoms with E-state index in [4.69, 9.17) is 4.74 Å². The van der Waals surface area contributed by atoms with Crippen molar-refractivity contribution >= 4 is 18.2 Å². The Balaban J connectivity index is 4.24. The molecule has 0 spiro atoms. The van der Waals surface area contributed by atoms with Crippen LogP contribution in [0.1, 0.15) is 303 Å². The Morgan fingerprint density at radius 2 is 0.707 bits per heavy atom. The maximum absolute atomic E-state index is 13.2. The molecule has 0 fully saturated rings. The molecule has 0 aliphatic carbocycles. The van der Waals surface area contributed by atoms with Crippen LogP contribution in [-0.4, -0.2) is 18.2 Å². The largest absolute Gasteiger partial charge is 0.393 e. The number of allylic oxidation sites excluding steroid dienone is 2. The van der Waals surface area contributed by atoms with Crippen LogP contribution in [0.3, 0.4) is 0 Å². The molecule has 0 saturated carbocycles. The average Bonchev–Trinajstić information content (AvgIpc) is 3.21. The van der Waals surface area contributed by atoms with E-state index in [1.54, 1.807) is 0 Å². The molecule has 0 aromatic rings. The summed E-state index contributed by atoms with van der Waals surface area (Å²) in [6, 6.07) is 0. The molecule has 0 N–H and O–H groups in total. The van der Waals surface area contributed by atoms with Gasteiger partial charge < -0.3 is 9.53 Å². The third-order valence-corrected chi connectivity index (χ3v) is 12.4. The SMILES string of the molecule is CCCCCCCCC=CCCCCCCCC(=O)OC(=O)C(CCCCCCCCCCCCCCCC=O)CCCCCCCCCCCCCCCC(C)C. The van der Waals surface area contributed by atoms with E-state index in [1.807, 2.05) is 0 Å². The summed E-state index contributed by atoms with van der Waals surface area (Å²) in [7, 11) is 0. The van der Waals surface area contributed by atoms with Gasteiger partial charge in [-0.05, 0) is 57.3 Å². The normalized spacial score (nSPS) is 12.2. The molecule has 0 rings (SSSR count). The van der Waals surface area contributed by atoms with Gasteiger partial charge in [0, 0.05) is 12.8 Å². The summed E-state index contributed by atoms with van der Waals surface area (Å²) < 4.78 is 5.48. The zero-order valence-electron chi connectivity index (χ0n) is 39.6. The van der Waals surface area contributed by atoms with Crippen molar-refractivity contribution in [3.63, 3.8) is 0 Å². The standard InChI is InChI=1S/C54H102O4/c1-4-5-6-7-8-9-10-11-12-19-24-29-34-39-44-49-53(56)58-54(57)52(47-42-37-32-27-22-17-13-14-20-25-30-35-40-45-50-55)48-43-38-33-28-23-18-15-16-21-26-31-36-41-46-51(2)3/h11-12,50-52H,4-10,13-49H2,1-3H3. The van der Waals surface area contributed by atoms with Crippen LogP contribution >= 0.6 is 0 Å². The predicted molar refractivity (Wildman–Crippen MR) is 253 cm³/mol. The first-order valence-electron chi connectivity index (χ1n) is 26.3. The highest BCUT2D eigenvalue weighted by Gasteiger charge is 2.22. The molecule has 0 bridgehead atoms. The molecule has 58 heavy (non-hydrogen) atoms. The average molecular weight is 815 g/mol. The monoisotopic (exact) mass is 815 g/mol. The van der Waals surface area contributed by atoms with Crippen LogP contribution in [0, 0.1) is 11.8 Å². The van der Waals surface area contributed by atoms with E-state index in [-0.39, 0.29) is 17.9 Å². The number of hydrogen-bond donors (Lipinski definition) is 0. The second-order valence-electron chi connectivity index (χ2n) is 18.7. The number of carbonyl (C=O) groups excluding carboxylic acids is 3. The van der Waals surface area contributed by atoms with Crippen LogP contribution in [0.15, 0.2) is 12.2 Å². The topological polar surface area (TPSA) is 60.4 Å². The van der Waals surface area contributed by atoms with Crippen LogP contribution < -0.4 is 0 Å². The highest BCUT2D eigenvalue weighted by atomic mass is 16.6. The van der Waals surface area contributed by atoms with Crippen molar-refractivity contribution < 1.29 is 19.1 Å². The molecule has 1 unspecified atom stereocenters. The lowest BCUT2D eigenvalue weighted by Crippen LogP contribution is -2.21. The summed E-state index contributed by atoms with van der Waals surface area (Å²) in [6.07, 6.45) is 59.6. The van der Waals surface area contributed by atoms with E-state index in [1.165, 1.54) is 218 Å². The molecule has 1 atom stereocenters. The molecular formula is C54H102O4. The van der Waals surface area contributed by atoms with Gasteiger partial charge in [-0.15, -0.1) is 0 Å². The zero-order chi connectivity index (χ0) is 42.3. The molecule has 4 heteroatoms. The van der Waals surface area contributed by atoms with Crippen molar-refractivity contribution in [3.8, 4) is 0 Å². The second-order valence-corrected chi connectivity index (χ2v) is 18.7. The van der Waals surface area contributed by atoms with Crippen molar-refractivity contribution in [3.05, 3.63) is 12.2 Å². The van der Waals surface area contributed by atoms with Crippen LogP contribution in [0.5, 0.6) is 0 Å². The summed E-state index contributed by atoms with van der Waals surface area (Å²) in [5, 5.41) is 0. The Morgan fingerprint density at radius 1 is 0.397 bits per heavy atom. The Morgan fingerprint density at radius 3 is 1.07 bits per heavy atom. The number of ether oxygens (including phenoxy) is 1. The summed E-state index contributed by atoms with van der Waals surface area (Å²) >= 11 is 0. The number of aldehydes is 1. The summed E-state index contributed by atoms with van der Waals surface area (Å²) in [5.74, 6) is 0.170. The first-order valence-corrected chi connectivity index (χ1v) is 26.3. The Hall–Kier alpha value is -1.45. The lowest BCUT2D eigenvalue weighted by atomic mass is 9.94. The molecule has 0 aromatic heterocycles. The van der Waals surface area contributed by atoms with Crippen molar-refractivity contribution in [1.29, 1.82) is 0 Å². The van der Waals surface area contributed by atoms with Crippen molar-refractivity contribution in [2.45, 2.75) is 303 Å². The van der Waals surface area contributed by atoms with E-state index in [9.17, 15) is 14.4 Å². The lowest BCUT2D eigenvalue weighted by Gasteiger charge is -2.15. The number of esters is 2. The number of hydrogen-bond acceptors (Lipinski definition) is 4. The molecule has 0 aromatic carbocycles. The van der Waals surface area contributed by atoms with Gasteiger partial charge in [0.25, 0.3) is 0 Å². The van der Waals surface area contributed by atoms with Gasteiger partial charge in [-0.1, -0.05) is 251 Å². The summed E-state index contributed by atoms with van der Waals surface area (Å²) in [4.78, 5) is 36.3. The van der Waals surface area contributed by atoms with Crippen LogP contribution in [-0.2, 0) is 19.1 Å². The molecule has 4 nitrogen and oxygen atoms in total. The maximum Gasteiger partial charge on any atom is 0.316 e. The van der Waals surface area contributed by atoms with E-state index < -0.39 is 0 Å². The van der Waals surface area contributed by atoms with Gasteiger partial charge in [0.05, 0.1) is 5.92 Å². The molecule has 0 saturated heterocycles. The minimum atomic E-state index is -0.309. The Bertz CT molecular complexity index is 878. The second kappa shape index (κ2) is 48.2. The maximum atomic E-state index is 13.2. The molecule has 0 aliphatic heterocycles. The Kier molecular flexibility index (Phi) is 47.0. The van der Waals surface area contributed by atoms with Gasteiger partial charge >= 0.3 is 11.9 Å². The van der Waals surface area contributed by atoms with Crippen LogP contribution in [0.2, 0.25) is 0 Å². The molecule has 0 amide bonds.